The minimum atomic E-state index is -0.471. The molecule has 140 valence electrons. The zero-order valence-electron chi connectivity index (χ0n) is 15.2. The normalized spacial score (nSPS) is 12.2. The zero-order chi connectivity index (χ0) is 19.9. The van der Waals surface area contributed by atoms with Crippen LogP contribution < -0.4 is 0 Å². The van der Waals surface area contributed by atoms with E-state index in [1.807, 2.05) is 54.2 Å². The Morgan fingerprint density at radius 3 is 2.57 bits per heavy atom. The summed E-state index contributed by atoms with van der Waals surface area (Å²) in [5, 5.41) is 20.1. The molecule has 1 heterocycles. The molecule has 1 unspecified atom stereocenters. The molecule has 1 aromatic heterocycles. The average molecular weight is 374 g/mol. The first kappa shape index (κ1) is 18.9. The SMILES string of the molecule is Cn1ccnc1CC(O/C(=C\C#N)c1ccccc1)c1ccc([N+](=O)[O-])cc1. The summed E-state index contributed by atoms with van der Waals surface area (Å²) in [6.07, 6.45) is 4.86. The van der Waals surface area contributed by atoms with Crippen LogP contribution in [-0.4, -0.2) is 14.5 Å². The average Bonchev–Trinajstić information content (AvgIpc) is 3.12. The van der Waals surface area contributed by atoms with Crippen molar-refractivity contribution in [3.63, 3.8) is 0 Å². The number of nitro groups is 1. The molecule has 3 rings (SSSR count). The second kappa shape index (κ2) is 8.64. The Hall–Kier alpha value is -3.92. The molecule has 28 heavy (non-hydrogen) atoms. The highest BCUT2D eigenvalue weighted by Gasteiger charge is 2.20. The maximum absolute atomic E-state index is 10.9. The van der Waals surface area contributed by atoms with E-state index in [4.69, 9.17) is 4.74 Å². The fourth-order valence-corrected chi connectivity index (χ4v) is 2.80. The lowest BCUT2D eigenvalue weighted by Gasteiger charge is -2.21. The second-order valence-corrected chi connectivity index (χ2v) is 6.12. The van der Waals surface area contributed by atoms with E-state index in [-0.39, 0.29) is 5.69 Å². The van der Waals surface area contributed by atoms with Gasteiger partial charge >= 0.3 is 0 Å². The first-order valence-corrected chi connectivity index (χ1v) is 8.61. The molecule has 0 fully saturated rings. The Morgan fingerprint density at radius 1 is 1.29 bits per heavy atom. The molecule has 7 nitrogen and oxygen atoms in total. The molecule has 0 radical (unpaired) electrons. The zero-order valence-corrected chi connectivity index (χ0v) is 15.2. The van der Waals surface area contributed by atoms with Crippen molar-refractivity contribution in [2.45, 2.75) is 12.5 Å². The Labute approximate surface area is 162 Å². The molecule has 0 aliphatic rings. The van der Waals surface area contributed by atoms with Gasteiger partial charge in [0.05, 0.1) is 17.1 Å². The van der Waals surface area contributed by atoms with Gasteiger partial charge in [-0.3, -0.25) is 10.1 Å². The molecule has 7 heteroatoms. The highest BCUT2D eigenvalue weighted by atomic mass is 16.6. The van der Waals surface area contributed by atoms with Gasteiger partial charge in [0.2, 0.25) is 0 Å². The molecule has 0 amide bonds. The van der Waals surface area contributed by atoms with Crippen LogP contribution in [0.3, 0.4) is 0 Å². The molecule has 0 saturated heterocycles. The fraction of sp³-hybridized carbons (Fsp3) is 0.143. The van der Waals surface area contributed by atoms with E-state index in [1.54, 1.807) is 18.3 Å². The lowest BCUT2D eigenvalue weighted by atomic mass is 10.0. The van der Waals surface area contributed by atoms with Gasteiger partial charge in [-0.05, 0) is 17.7 Å². The summed E-state index contributed by atoms with van der Waals surface area (Å²) in [6.45, 7) is 0. The molecular formula is C21H18N4O3. The van der Waals surface area contributed by atoms with E-state index in [1.165, 1.54) is 18.2 Å². The second-order valence-electron chi connectivity index (χ2n) is 6.12. The largest absolute Gasteiger partial charge is 0.484 e. The Bertz CT molecular complexity index is 1020. The third-order valence-electron chi connectivity index (χ3n) is 4.29. The number of imidazole rings is 1. The number of allylic oxidation sites excluding steroid dienone is 1. The summed E-state index contributed by atoms with van der Waals surface area (Å²) in [4.78, 5) is 14.8. The maximum atomic E-state index is 10.9. The summed E-state index contributed by atoms with van der Waals surface area (Å²) in [7, 11) is 1.89. The van der Waals surface area contributed by atoms with E-state index in [0.717, 1.165) is 17.0 Å². The molecule has 0 bridgehead atoms. The Morgan fingerprint density at radius 2 is 2.00 bits per heavy atom. The number of nitriles is 1. The predicted octanol–water partition coefficient (Wildman–Crippen LogP) is 4.19. The number of rotatable bonds is 7. The lowest BCUT2D eigenvalue weighted by molar-refractivity contribution is -0.384. The predicted molar refractivity (Wildman–Crippen MR) is 104 cm³/mol. The number of non-ortho nitro benzene ring substituents is 1. The number of hydrogen-bond donors (Lipinski definition) is 0. The van der Waals surface area contributed by atoms with Crippen molar-refractivity contribution >= 4 is 11.4 Å². The van der Waals surface area contributed by atoms with Gasteiger partial charge in [-0.1, -0.05) is 30.3 Å². The van der Waals surface area contributed by atoms with Gasteiger partial charge < -0.3 is 9.30 Å². The Balaban J connectivity index is 1.95. The first-order chi connectivity index (χ1) is 13.6. The summed E-state index contributed by atoms with van der Waals surface area (Å²) < 4.78 is 8.09. The van der Waals surface area contributed by atoms with Crippen LogP contribution in [0.2, 0.25) is 0 Å². The van der Waals surface area contributed by atoms with Crippen molar-refractivity contribution in [2.24, 2.45) is 7.05 Å². The van der Waals surface area contributed by atoms with E-state index in [0.29, 0.717) is 12.2 Å². The van der Waals surface area contributed by atoms with Gasteiger partial charge in [0, 0.05) is 43.6 Å². The van der Waals surface area contributed by atoms with Gasteiger partial charge in [0.1, 0.15) is 17.7 Å². The number of nitro benzene ring substituents is 1. The van der Waals surface area contributed by atoms with Crippen LogP contribution in [0.4, 0.5) is 5.69 Å². The molecule has 0 saturated carbocycles. The molecule has 2 aromatic carbocycles. The van der Waals surface area contributed by atoms with Crippen LogP contribution in [-0.2, 0) is 18.2 Å². The van der Waals surface area contributed by atoms with Gasteiger partial charge in [-0.2, -0.15) is 5.26 Å². The molecule has 3 aromatic rings. The van der Waals surface area contributed by atoms with Crippen LogP contribution in [0, 0.1) is 21.4 Å². The molecule has 0 spiro atoms. The van der Waals surface area contributed by atoms with Crippen molar-refractivity contribution in [2.75, 3.05) is 0 Å². The van der Waals surface area contributed by atoms with Gasteiger partial charge in [0.15, 0.2) is 0 Å². The third kappa shape index (κ3) is 4.43. The topological polar surface area (TPSA) is 94.0 Å². The monoisotopic (exact) mass is 374 g/mol. The van der Waals surface area contributed by atoms with Gasteiger partial charge in [-0.15, -0.1) is 0 Å². The van der Waals surface area contributed by atoms with Crippen molar-refractivity contribution in [1.82, 2.24) is 9.55 Å². The van der Waals surface area contributed by atoms with Crippen LogP contribution in [0.15, 0.2) is 73.1 Å². The van der Waals surface area contributed by atoms with Crippen molar-refractivity contribution in [1.29, 1.82) is 5.26 Å². The Kier molecular flexibility index (Phi) is 5.82. The van der Waals surface area contributed by atoms with Crippen LogP contribution in [0.5, 0.6) is 0 Å². The highest BCUT2D eigenvalue weighted by Crippen LogP contribution is 2.29. The number of aryl methyl sites for hydroxylation is 1. The molecule has 0 aliphatic heterocycles. The van der Waals surface area contributed by atoms with Gasteiger partial charge in [-0.25, -0.2) is 4.98 Å². The quantitative estimate of drug-likeness (QED) is 0.267. The minimum Gasteiger partial charge on any atom is -0.484 e. The van der Waals surface area contributed by atoms with Crippen molar-refractivity contribution in [3.8, 4) is 6.07 Å². The number of hydrogen-bond acceptors (Lipinski definition) is 5. The number of benzene rings is 2. The van der Waals surface area contributed by atoms with E-state index in [9.17, 15) is 15.4 Å². The number of aromatic nitrogens is 2. The van der Waals surface area contributed by atoms with E-state index >= 15 is 0 Å². The summed E-state index contributed by atoms with van der Waals surface area (Å²) >= 11 is 0. The lowest BCUT2D eigenvalue weighted by Crippen LogP contribution is -2.11. The van der Waals surface area contributed by atoms with Gasteiger partial charge in [0.25, 0.3) is 5.69 Å². The standard InChI is InChI=1S/C21H18N4O3/c1-24-14-13-23-21(24)15-20(17-7-9-18(10-8-17)25(26)27)28-19(11-12-22)16-5-3-2-4-6-16/h2-11,13-14,20H,15H2,1H3/b19-11-. The summed E-state index contributed by atoms with van der Waals surface area (Å²) in [5.74, 6) is 1.23. The van der Waals surface area contributed by atoms with E-state index < -0.39 is 11.0 Å². The molecular weight excluding hydrogens is 356 g/mol. The first-order valence-electron chi connectivity index (χ1n) is 8.61. The van der Waals surface area contributed by atoms with Crippen molar-refractivity contribution < 1.29 is 9.66 Å². The summed E-state index contributed by atoms with van der Waals surface area (Å²) in [6, 6.07) is 17.6. The highest BCUT2D eigenvalue weighted by molar-refractivity contribution is 5.62. The van der Waals surface area contributed by atoms with E-state index in [2.05, 4.69) is 4.98 Å². The summed E-state index contributed by atoms with van der Waals surface area (Å²) in [5.41, 5.74) is 1.54. The maximum Gasteiger partial charge on any atom is 0.269 e. The van der Waals surface area contributed by atoms with Crippen LogP contribution in [0.25, 0.3) is 5.76 Å². The fourth-order valence-electron chi connectivity index (χ4n) is 2.80. The van der Waals surface area contributed by atoms with Crippen LogP contribution in [0.1, 0.15) is 23.1 Å². The number of nitrogens with zero attached hydrogens (tertiary/aromatic N) is 4. The van der Waals surface area contributed by atoms with Crippen molar-refractivity contribution in [3.05, 3.63) is 100 Å². The third-order valence-corrected chi connectivity index (χ3v) is 4.29. The molecule has 1 atom stereocenters. The number of ether oxygens (including phenoxy) is 1. The van der Waals surface area contributed by atoms with Crippen LogP contribution >= 0.6 is 0 Å². The molecule has 0 aliphatic carbocycles. The smallest absolute Gasteiger partial charge is 0.269 e. The minimum absolute atomic E-state index is 0.00958. The molecule has 0 N–H and O–H groups in total.